The first kappa shape index (κ1) is 16.0. The number of aryl methyl sites for hydroxylation is 1. The maximum absolute atomic E-state index is 12.6. The SMILES string of the molecule is CCC(C)CC(C)N1C(=O)C(C)NC1c1ccccc1C. The molecule has 4 atom stereocenters. The molecule has 1 aromatic carbocycles. The van der Waals surface area contributed by atoms with Crippen molar-refractivity contribution in [2.45, 2.75) is 65.7 Å². The fraction of sp³-hybridized carbons (Fsp3) is 0.611. The molecule has 0 radical (unpaired) electrons. The zero-order chi connectivity index (χ0) is 15.6. The Morgan fingerprint density at radius 3 is 2.57 bits per heavy atom. The molecule has 1 aliphatic heterocycles. The van der Waals surface area contributed by atoms with Crippen LogP contribution < -0.4 is 5.32 Å². The van der Waals surface area contributed by atoms with Gasteiger partial charge in [-0.15, -0.1) is 0 Å². The van der Waals surface area contributed by atoms with Crippen LogP contribution in [0.15, 0.2) is 24.3 Å². The summed E-state index contributed by atoms with van der Waals surface area (Å²) < 4.78 is 0. The summed E-state index contributed by atoms with van der Waals surface area (Å²) in [4.78, 5) is 14.6. The second kappa shape index (κ2) is 6.61. The number of carbonyl (C=O) groups excluding carboxylic acids is 1. The first-order chi connectivity index (χ1) is 9.95. The third-order valence-electron chi connectivity index (χ3n) is 4.71. The van der Waals surface area contributed by atoms with Gasteiger partial charge in [0.25, 0.3) is 0 Å². The molecule has 3 heteroatoms. The summed E-state index contributed by atoms with van der Waals surface area (Å²) >= 11 is 0. The van der Waals surface area contributed by atoms with E-state index in [1.807, 2.05) is 13.0 Å². The van der Waals surface area contributed by atoms with Crippen molar-refractivity contribution in [1.29, 1.82) is 0 Å². The third-order valence-corrected chi connectivity index (χ3v) is 4.71. The third kappa shape index (κ3) is 3.29. The zero-order valence-corrected chi connectivity index (χ0v) is 13.9. The van der Waals surface area contributed by atoms with Crippen LogP contribution >= 0.6 is 0 Å². The van der Waals surface area contributed by atoms with Gasteiger partial charge < -0.3 is 4.90 Å². The van der Waals surface area contributed by atoms with Crippen molar-refractivity contribution in [3.8, 4) is 0 Å². The summed E-state index contributed by atoms with van der Waals surface area (Å²) in [6, 6.07) is 8.49. The van der Waals surface area contributed by atoms with Gasteiger partial charge in [0.2, 0.25) is 5.91 Å². The Morgan fingerprint density at radius 2 is 1.95 bits per heavy atom. The van der Waals surface area contributed by atoms with Crippen LogP contribution in [-0.4, -0.2) is 22.9 Å². The maximum Gasteiger partial charge on any atom is 0.241 e. The van der Waals surface area contributed by atoms with Gasteiger partial charge in [-0.3, -0.25) is 10.1 Å². The Labute approximate surface area is 128 Å². The summed E-state index contributed by atoms with van der Waals surface area (Å²) in [6.45, 7) is 10.7. The molecule has 0 spiro atoms. The highest BCUT2D eigenvalue weighted by molar-refractivity contribution is 5.84. The first-order valence-electron chi connectivity index (χ1n) is 8.09. The molecule has 1 amide bonds. The van der Waals surface area contributed by atoms with Gasteiger partial charge in [0, 0.05) is 6.04 Å². The van der Waals surface area contributed by atoms with E-state index in [0.717, 1.165) is 12.8 Å². The monoisotopic (exact) mass is 288 g/mol. The Hall–Kier alpha value is -1.35. The van der Waals surface area contributed by atoms with Crippen LogP contribution in [0.1, 0.15) is 57.8 Å². The molecule has 1 N–H and O–H groups in total. The lowest BCUT2D eigenvalue weighted by Gasteiger charge is -2.32. The summed E-state index contributed by atoms with van der Waals surface area (Å²) in [5.41, 5.74) is 2.45. The molecule has 0 bridgehead atoms. The Balaban J connectivity index is 2.27. The molecular formula is C18H28N2O. The van der Waals surface area contributed by atoms with E-state index in [-0.39, 0.29) is 24.2 Å². The van der Waals surface area contributed by atoms with E-state index in [9.17, 15) is 4.79 Å². The molecule has 0 aromatic heterocycles. The molecule has 0 saturated carbocycles. The molecule has 4 unspecified atom stereocenters. The van der Waals surface area contributed by atoms with Gasteiger partial charge in [0.05, 0.1) is 6.04 Å². The van der Waals surface area contributed by atoms with Crippen LogP contribution in [0.2, 0.25) is 0 Å². The van der Waals surface area contributed by atoms with Gasteiger partial charge in [-0.2, -0.15) is 0 Å². The normalized spacial score (nSPS) is 25.2. The number of amides is 1. The van der Waals surface area contributed by atoms with Crippen molar-refractivity contribution in [1.82, 2.24) is 10.2 Å². The Kier molecular flexibility index (Phi) is 5.04. The van der Waals surface area contributed by atoms with Crippen molar-refractivity contribution >= 4 is 5.91 Å². The predicted molar refractivity (Wildman–Crippen MR) is 86.9 cm³/mol. The molecule has 3 nitrogen and oxygen atoms in total. The quantitative estimate of drug-likeness (QED) is 0.897. The van der Waals surface area contributed by atoms with Crippen molar-refractivity contribution in [3.63, 3.8) is 0 Å². The van der Waals surface area contributed by atoms with Crippen LogP contribution in [0.3, 0.4) is 0 Å². The molecule has 1 aliphatic rings. The van der Waals surface area contributed by atoms with Crippen molar-refractivity contribution in [3.05, 3.63) is 35.4 Å². The minimum absolute atomic E-state index is 0.00718. The minimum atomic E-state index is -0.103. The average molecular weight is 288 g/mol. The fourth-order valence-corrected chi connectivity index (χ4v) is 3.21. The highest BCUT2D eigenvalue weighted by Gasteiger charge is 2.40. The van der Waals surface area contributed by atoms with Crippen molar-refractivity contribution in [2.24, 2.45) is 5.92 Å². The number of hydrogen-bond donors (Lipinski definition) is 1. The second-order valence-corrected chi connectivity index (χ2v) is 6.49. The summed E-state index contributed by atoms with van der Waals surface area (Å²) in [5, 5.41) is 3.46. The number of nitrogens with zero attached hydrogens (tertiary/aromatic N) is 1. The lowest BCUT2D eigenvalue weighted by molar-refractivity contribution is -0.132. The van der Waals surface area contributed by atoms with Gasteiger partial charge in [0.15, 0.2) is 0 Å². The smallest absolute Gasteiger partial charge is 0.241 e. The molecule has 1 fully saturated rings. The molecule has 1 heterocycles. The lowest BCUT2D eigenvalue weighted by atomic mass is 9.98. The van der Waals surface area contributed by atoms with E-state index in [0.29, 0.717) is 5.92 Å². The second-order valence-electron chi connectivity index (χ2n) is 6.49. The number of nitrogens with one attached hydrogen (secondary N) is 1. The van der Waals surface area contributed by atoms with Gasteiger partial charge in [-0.05, 0) is 44.2 Å². The molecule has 0 aliphatic carbocycles. The van der Waals surface area contributed by atoms with E-state index < -0.39 is 0 Å². The van der Waals surface area contributed by atoms with E-state index in [1.54, 1.807) is 0 Å². The van der Waals surface area contributed by atoms with Gasteiger partial charge in [-0.1, -0.05) is 44.5 Å². The van der Waals surface area contributed by atoms with Crippen LogP contribution in [0.4, 0.5) is 0 Å². The van der Waals surface area contributed by atoms with E-state index in [1.165, 1.54) is 11.1 Å². The topological polar surface area (TPSA) is 32.3 Å². The number of benzene rings is 1. The van der Waals surface area contributed by atoms with E-state index in [2.05, 4.69) is 56.1 Å². The van der Waals surface area contributed by atoms with Crippen molar-refractivity contribution in [2.75, 3.05) is 0 Å². The van der Waals surface area contributed by atoms with Crippen LogP contribution in [0.25, 0.3) is 0 Å². The molecule has 21 heavy (non-hydrogen) atoms. The molecule has 1 aromatic rings. The molecular weight excluding hydrogens is 260 g/mol. The summed E-state index contributed by atoms with van der Waals surface area (Å²) in [7, 11) is 0. The van der Waals surface area contributed by atoms with Crippen LogP contribution in [0.5, 0.6) is 0 Å². The first-order valence-corrected chi connectivity index (χ1v) is 8.09. The number of hydrogen-bond acceptors (Lipinski definition) is 2. The summed E-state index contributed by atoms with van der Waals surface area (Å²) in [5.74, 6) is 0.861. The predicted octanol–water partition coefficient (Wildman–Crippen LogP) is 3.64. The molecule has 116 valence electrons. The average Bonchev–Trinajstić information content (AvgIpc) is 2.75. The van der Waals surface area contributed by atoms with Crippen LogP contribution in [-0.2, 0) is 4.79 Å². The molecule has 2 rings (SSSR count). The highest BCUT2D eigenvalue weighted by atomic mass is 16.2. The number of rotatable bonds is 5. The van der Waals surface area contributed by atoms with Gasteiger partial charge in [-0.25, -0.2) is 0 Å². The lowest BCUT2D eigenvalue weighted by Crippen LogP contribution is -2.39. The van der Waals surface area contributed by atoms with E-state index in [4.69, 9.17) is 0 Å². The largest absolute Gasteiger partial charge is 0.319 e. The molecule has 1 saturated heterocycles. The highest BCUT2D eigenvalue weighted by Crippen LogP contribution is 2.31. The van der Waals surface area contributed by atoms with Crippen molar-refractivity contribution < 1.29 is 4.79 Å². The van der Waals surface area contributed by atoms with Gasteiger partial charge >= 0.3 is 0 Å². The fourth-order valence-electron chi connectivity index (χ4n) is 3.21. The van der Waals surface area contributed by atoms with E-state index >= 15 is 0 Å². The maximum atomic E-state index is 12.6. The standard InChI is InChI=1S/C18H28N2O/c1-6-12(2)11-14(4)20-17(19-15(5)18(20)21)16-10-8-7-9-13(16)3/h7-10,12,14-15,17,19H,6,11H2,1-5H3. The number of carbonyl (C=O) groups is 1. The Bertz CT molecular complexity index is 500. The van der Waals surface area contributed by atoms with Crippen LogP contribution in [0, 0.1) is 12.8 Å². The van der Waals surface area contributed by atoms with Gasteiger partial charge in [0.1, 0.15) is 6.17 Å². The Morgan fingerprint density at radius 1 is 1.29 bits per heavy atom. The zero-order valence-electron chi connectivity index (χ0n) is 13.9. The summed E-state index contributed by atoms with van der Waals surface area (Å²) in [6.07, 6.45) is 2.22. The minimum Gasteiger partial charge on any atom is -0.319 e.